The quantitative estimate of drug-likeness (QED) is 0.613. The zero-order chi connectivity index (χ0) is 14.0. The smallest absolute Gasteiger partial charge is 0.261 e. The molecule has 1 heterocycles. The Morgan fingerprint density at radius 3 is 1.89 bits per heavy atom. The van der Waals surface area contributed by atoms with Gasteiger partial charge in [0.1, 0.15) is 0 Å². The molecule has 102 valence electrons. The lowest BCUT2D eigenvalue weighted by atomic mass is 10.1. The second kappa shape index (κ2) is 5.61. The molecule has 0 spiro atoms. The average molecular weight is 328 g/mol. The van der Waals surface area contributed by atoms with Gasteiger partial charge in [0.05, 0.1) is 25.3 Å². The van der Waals surface area contributed by atoms with E-state index < -0.39 is 0 Å². The third-order valence-corrected chi connectivity index (χ3v) is 3.55. The maximum Gasteiger partial charge on any atom is 0.261 e. The number of carbonyl (C=O) groups excluding carboxylic acids is 2. The number of methoxy groups -OCH3 is 2. The van der Waals surface area contributed by atoms with Crippen molar-refractivity contribution in [3.63, 3.8) is 0 Å². The summed E-state index contributed by atoms with van der Waals surface area (Å²) in [6.07, 6.45) is 0.722. The first kappa shape index (κ1) is 13.9. The molecule has 6 heteroatoms. The molecule has 0 N–H and O–H groups in total. The summed E-state index contributed by atoms with van der Waals surface area (Å²) in [5, 5.41) is 0.743. The molecule has 19 heavy (non-hydrogen) atoms. The molecule has 0 aliphatic carbocycles. The fourth-order valence-electron chi connectivity index (χ4n) is 2.04. The Kier molecular flexibility index (Phi) is 4.09. The topological polar surface area (TPSA) is 55.8 Å². The van der Waals surface area contributed by atoms with Crippen LogP contribution < -0.4 is 9.47 Å². The summed E-state index contributed by atoms with van der Waals surface area (Å²) in [6, 6.07) is 3.12. The molecule has 0 saturated heterocycles. The molecule has 0 radical (unpaired) electrons. The second-order valence-electron chi connectivity index (χ2n) is 4.06. The highest BCUT2D eigenvalue weighted by molar-refractivity contribution is 9.09. The number of carbonyl (C=O) groups is 2. The van der Waals surface area contributed by atoms with Crippen molar-refractivity contribution in [2.45, 2.75) is 6.42 Å². The van der Waals surface area contributed by atoms with Gasteiger partial charge in [-0.15, -0.1) is 0 Å². The standard InChI is InChI=1S/C13H14BrNO4/c1-18-10-6-8-9(7-11(10)19-2)13(17)15(12(8)16)5-3-4-14/h6-7H,3-5H2,1-2H3. The molecule has 5 nitrogen and oxygen atoms in total. The van der Waals surface area contributed by atoms with E-state index in [4.69, 9.17) is 9.47 Å². The van der Waals surface area contributed by atoms with Crippen molar-refractivity contribution in [1.82, 2.24) is 4.90 Å². The van der Waals surface area contributed by atoms with Crippen LogP contribution in [-0.4, -0.2) is 42.8 Å². The van der Waals surface area contributed by atoms with Crippen LogP contribution in [0.25, 0.3) is 0 Å². The number of alkyl halides is 1. The van der Waals surface area contributed by atoms with Crippen LogP contribution in [0.5, 0.6) is 11.5 Å². The molecule has 0 unspecified atom stereocenters. The molecule has 0 fully saturated rings. The Balaban J connectivity index is 2.41. The summed E-state index contributed by atoms with van der Waals surface area (Å²) >= 11 is 3.29. The largest absolute Gasteiger partial charge is 0.493 e. The number of hydrogen-bond donors (Lipinski definition) is 0. The van der Waals surface area contributed by atoms with E-state index in [2.05, 4.69) is 15.9 Å². The summed E-state index contributed by atoms with van der Waals surface area (Å²) in [5.74, 6) is 0.346. The second-order valence-corrected chi connectivity index (χ2v) is 4.85. The zero-order valence-corrected chi connectivity index (χ0v) is 12.3. The van der Waals surface area contributed by atoms with E-state index in [0.29, 0.717) is 29.2 Å². The Labute approximate surface area is 119 Å². The molecule has 1 aliphatic rings. The van der Waals surface area contributed by atoms with Gasteiger partial charge in [-0.25, -0.2) is 0 Å². The van der Waals surface area contributed by atoms with Crippen molar-refractivity contribution in [2.75, 3.05) is 26.1 Å². The van der Waals surface area contributed by atoms with Gasteiger partial charge >= 0.3 is 0 Å². The average Bonchev–Trinajstić information content (AvgIpc) is 2.67. The number of fused-ring (bicyclic) bond motifs is 1. The van der Waals surface area contributed by atoms with Crippen LogP contribution in [0.15, 0.2) is 12.1 Å². The van der Waals surface area contributed by atoms with Gasteiger partial charge < -0.3 is 9.47 Å². The lowest BCUT2D eigenvalue weighted by molar-refractivity contribution is 0.0655. The van der Waals surface area contributed by atoms with E-state index in [0.717, 1.165) is 11.8 Å². The molecule has 1 aliphatic heterocycles. The van der Waals surface area contributed by atoms with Crippen LogP contribution in [0.2, 0.25) is 0 Å². The Hall–Kier alpha value is -1.56. The third-order valence-electron chi connectivity index (χ3n) is 2.99. The summed E-state index contributed by atoms with van der Waals surface area (Å²) in [4.78, 5) is 25.6. The van der Waals surface area contributed by atoms with Gasteiger partial charge in [0.15, 0.2) is 11.5 Å². The minimum absolute atomic E-state index is 0.276. The molecule has 0 bridgehead atoms. The predicted octanol–water partition coefficient (Wildman–Crippen LogP) is 2.08. The van der Waals surface area contributed by atoms with Gasteiger partial charge in [-0.1, -0.05) is 15.9 Å². The van der Waals surface area contributed by atoms with Crippen LogP contribution in [-0.2, 0) is 0 Å². The predicted molar refractivity (Wildman–Crippen MR) is 73.3 cm³/mol. The maximum atomic E-state index is 12.2. The van der Waals surface area contributed by atoms with Crippen LogP contribution in [0.1, 0.15) is 27.1 Å². The van der Waals surface area contributed by atoms with Crippen molar-refractivity contribution in [2.24, 2.45) is 0 Å². The number of benzene rings is 1. The first-order chi connectivity index (χ1) is 9.13. The Morgan fingerprint density at radius 1 is 1.05 bits per heavy atom. The number of halogens is 1. The molecule has 0 aromatic heterocycles. The van der Waals surface area contributed by atoms with E-state index in [1.165, 1.54) is 19.1 Å². The van der Waals surface area contributed by atoms with Crippen molar-refractivity contribution in [1.29, 1.82) is 0 Å². The van der Waals surface area contributed by atoms with Crippen molar-refractivity contribution in [3.05, 3.63) is 23.3 Å². The molecular formula is C13H14BrNO4. The highest BCUT2D eigenvalue weighted by atomic mass is 79.9. The van der Waals surface area contributed by atoms with E-state index >= 15 is 0 Å². The summed E-state index contributed by atoms with van der Waals surface area (Å²) in [6.45, 7) is 0.405. The monoisotopic (exact) mass is 327 g/mol. The molecule has 0 saturated carbocycles. The third kappa shape index (κ3) is 2.32. The number of nitrogens with zero attached hydrogens (tertiary/aromatic N) is 1. The van der Waals surface area contributed by atoms with Crippen LogP contribution in [0.4, 0.5) is 0 Å². The van der Waals surface area contributed by atoms with Gasteiger partial charge in [-0.2, -0.15) is 0 Å². The maximum absolute atomic E-state index is 12.2. The first-order valence-electron chi connectivity index (χ1n) is 5.82. The highest BCUT2D eigenvalue weighted by Crippen LogP contribution is 2.34. The number of imide groups is 1. The number of hydrogen-bond acceptors (Lipinski definition) is 4. The van der Waals surface area contributed by atoms with Gasteiger partial charge in [0.25, 0.3) is 11.8 Å². The van der Waals surface area contributed by atoms with Crippen LogP contribution in [0, 0.1) is 0 Å². The fraction of sp³-hybridized carbons (Fsp3) is 0.385. The minimum atomic E-state index is -0.276. The SMILES string of the molecule is COc1cc2c(cc1OC)C(=O)N(CCCBr)C2=O. The van der Waals surface area contributed by atoms with E-state index in [1.54, 1.807) is 12.1 Å². The van der Waals surface area contributed by atoms with Crippen molar-refractivity contribution in [3.8, 4) is 11.5 Å². The lowest BCUT2D eigenvalue weighted by Gasteiger charge is -2.11. The normalized spacial score (nSPS) is 13.7. The first-order valence-corrected chi connectivity index (χ1v) is 6.94. The molecular weight excluding hydrogens is 314 g/mol. The van der Waals surface area contributed by atoms with E-state index in [9.17, 15) is 9.59 Å². The fourth-order valence-corrected chi connectivity index (χ4v) is 2.29. The number of rotatable bonds is 5. The molecule has 2 rings (SSSR count). The van der Waals surface area contributed by atoms with E-state index in [-0.39, 0.29) is 11.8 Å². The van der Waals surface area contributed by atoms with Crippen molar-refractivity contribution >= 4 is 27.7 Å². The van der Waals surface area contributed by atoms with Gasteiger partial charge in [-0.3, -0.25) is 14.5 Å². The van der Waals surface area contributed by atoms with Gasteiger partial charge in [0, 0.05) is 11.9 Å². The number of ether oxygens (including phenoxy) is 2. The Morgan fingerprint density at radius 2 is 1.53 bits per heavy atom. The van der Waals surface area contributed by atoms with Crippen LogP contribution in [0.3, 0.4) is 0 Å². The van der Waals surface area contributed by atoms with E-state index in [1.807, 2.05) is 0 Å². The minimum Gasteiger partial charge on any atom is -0.493 e. The molecule has 2 amide bonds. The number of amides is 2. The lowest BCUT2D eigenvalue weighted by Crippen LogP contribution is -2.30. The van der Waals surface area contributed by atoms with Crippen LogP contribution >= 0.6 is 15.9 Å². The van der Waals surface area contributed by atoms with Crippen molar-refractivity contribution < 1.29 is 19.1 Å². The Bertz CT molecular complexity index is 487. The van der Waals surface area contributed by atoms with Gasteiger partial charge in [-0.05, 0) is 18.6 Å². The zero-order valence-electron chi connectivity index (χ0n) is 10.7. The molecule has 0 atom stereocenters. The highest BCUT2D eigenvalue weighted by Gasteiger charge is 2.36. The summed E-state index contributed by atoms with van der Waals surface area (Å²) < 4.78 is 10.3. The summed E-state index contributed by atoms with van der Waals surface area (Å²) in [7, 11) is 2.99. The summed E-state index contributed by atoms with van der Waals surface area (Å²) in [5.41, 5.74) is 0.745. The van der Waals surface area contributed by atoms with Gasteiger partial charge in [0.2, 0.25) is 0 Å². The molecule has 1 aromatic carbocycles. The molecule has 1 aromatic rings.